The van der Waals surface area contributed by atoms with E-state index in [4.69, 9.17) is 16.0 Å². The predicted octanol–water partition coefficient (Wildman–Crippen LogP) is 1.85. The molecule has 18 heavy (non-hydrogen) atoms. The second kappa shape index (κ2) is 5.51. The number of furan rings is 1. The van der Waals surface area contributed by atoms with Crippen molar-refractivity contribution in [2.75, 3.05) is 6.54 Å². The molecule has 2 rings (SSSR count). The number of hydrogen-bond donors (Lipinski definition) is 1. The molecule has 0 aliphatic carbocycles. The van der Waals surface area contributed by atoms with Gasteiger partial charge in [0.25, 0.3) is 0 Å². The van der Waals surface area contributed by atoms with Gasteiger partial charge in [0.1, 0.15) is 10.7 Å². The normalized spacial score (nSPS) is 11.6. The SMILES string of the molecule is O=S(=O)(NCCc1ccco1)c1cnccc1Cl. The van der Waals surface area contributed by atoms with Crippen molar-refractivity contribution in [3.05, 3.63) is 47.6 Å². The fourth-order valence-electron chi connectivity index (χ4n) is 1.40. The number of nitrogens with zero attached hydrogens (tertiary/aromatic N) is 1. The van der Waals surface area contributed by atoms with Crippen molar-refractivity contribution in [2.24, 2.45) is 0 Å². The molecular formula is C11H11ClN2O3S. The van der Waals surface area contributed by atoms with Gasteiger partial charge in [-0.1, -0.05) is 11.6 Å². The quantitative estimate of drug-likeness (QED) is 0.910. The molecular weight excluding hydrogens is 276 g/mol. The van der Waals surface area contributed by atoms with E-state index in [1.54, 1.807) is 18.4 Å². The molecule has 0 bridgehead atoms. The van der Waals surface area contributed by atoms with Crippen LogP contribution in [0.25, 0.3) is 0 Å². The number of halogens is 1. The van der Waals surface area contributed by atoms with Crippen LogP contribution in [0, 0.1) is 0 Å². The van der Waals surface area contributed by atoms with Gasteiger partial charge in [-0.05, 0) is 18.2 Å². The fraction of sp³-hybridized carbons (Fsp3) is 0.182. The van der Waals surface area contributed by atoms with E-state index in [2.05, 4.69) is 9.71 Å². The van der Waals surface area contributed by atoms with E-state index in [9.17, 15) is 8.42 Å². The highest BCUT2D eigenvalue weighted by atomic mass is 35.5. The molecule has 0 aromatic carbocycles. The molecule has 2 aromatic rings. The Labute approximate surface area is 110 Å². The average Bonchev–Trinajstić information content (AvgIpc) is 2.82. The third kappa shape index (κ3) is 3.10. The Morgan fingerprint density at radius 1 is 1.39 bits per heavy atom. The molecule has 0 unspecified atom stereocenters. The maximum absolute atomic E-state index is 11.9. The summed E-state index contributed by atoms with van der Waals surface area (Å²) in [5.41, 5.74) is 0. The van der Waals surface area contributed by atoms with Crippen LogP contribution < -0.4 is 4.72 Å². The van der Waals surface area contributed by atoms with Gasteiger partial charge in [0.2, 0.25) is 10.0 Å². The zero-order chi connectivity index (χ0) is 13.0. The van der Waals surface area contributed by atoms with E-state index < -0.39 is 10.0 Å². The lowest BCUT2D eigenvalue weighted by Gasteiger charge is -2.06. The molecule has 0 aliphatic heterocycles. The van der Waals surface area contributed by atoms with E-state index in [0.717, 1.165) is 5.76 Å². The van der Waals surface area contributed by atoms with Crippen molar-refractivity contribution >= 4 is 21.6 Å². The molecule has 7 heteroatoms. The molecule has 0 spiro atoms. The van der Waals surface area contributed by atoms with Gasteiger partial charge in [0.15, 0.2) is 0 Å². The lowest BCUT2D eigenvalue weighted by molar-refractivity contribution is 0.506. The van der Waals surface area contributed by atoms with Crippen LogP contribution in [0.2, 0.25) is 5.02 Å². The third-order valence-corrected chi connectivity index (χ3v) is 4.20. The Bertz CT molecular complexity index is 611. The summed E-state index contributed by atoms with van der Waals surface area (Å²) < 4.78 is 31.4. The average molecular weight is 287 g/mol. The van der Waals surface area contributed by atoms with E-state index >= 15 is 0 Å². The molecule has 96 valence electrons. The second-order valence-electron chi connectivity index (χ2n) is 3.53. The topological polar surface area (TPSA) is 72.2 Å². The summed E-state index contributed by atoms with van der Waals surface area (Å²) >= 11 is 5.81. The Hall–Kier alpha value is -1.37. The van der Waals surface area contributed by atoms with Crippen LogP contribution >= 0.6 is 11.6 Å². The van der Waals surface area contributed by atoms with Crippen LogP contribution in [-0.4, -0.2) is 19.9 Å². The molecule has 0 radical (unpaired) electrons. The van der Waals surface area contributed by atoms with Crippen molar-refractivity contribution in [3.8, 4) is 0 Å². The Balaban J connectivity index is 2.02. The summed E-state index contributed by atoms with van der Waals surface area (Å²) in [6, 6.07) is 4.97. The van der Waals surface area contributed by atoms with Gasteiger partial charge in [-0.25, -0.2) is 13.1 Å². The minimum Gasteiger partial charge on any atom is -0.469 e. The van der Waals surface area contributed by atoms with Crippen molar-refractivity contribution < 1.29 is 12.8 Å². The number of pyridine rings is 1. The second-order valence-corrected chi connectivity index (χ2v) is 5.68. The molecule has 0 atom stereocenters. The highest BCUT2D eigenvalue weighted by Crippen LogP contribution is 2.18. The van der Waals surface area contributed by atoms with Crippen molar-refractivity contribution in [1.82, 2.24) is 9.71 Å². The predicted molar refractivity (Wildman–Crippen MR) is 66.8 cm³/mol. The van der Waals surface area contributed by atoms with Gasteiger partial charge in [-0.2, -0.15) is 0 Å². The molecule has 5 nitrogen and oxygen atoms in total. The smallest absolute Gasteiger partial charge is 0.243 e. The maximum Gasteiger partial charge on any atom is 0.243 e. The van der Waals surface area contributed by atoms with Crippen molar-refractivity contribution in [3.63, 3.8) is 0 Å². The van der Waals surface area contributed by atoms with E-state index in [1.165, 1.54) is 18.5 Å². The molecule has 1 N–H and O–H groups in total. The van der Waals surface area contributed by atoms with Crippen LogP contribution in [0.3, 0.4) is 0 Å². The first kappa shape index (κ1) is 13.1. The minimum atomic E-state index is -3.63. The Morgan fingerprint density at radius 2 is 2.22 bits per heavy atom. The van der Waals surface area contributed by atoms with Gasteiger partial charge in [-0.15, -0.1) is 0 Å². The number of rotatable bonds is 5. The third-order valence-electron chi connectivity index (χ3n) is 2.27. The lowest BCUT2D eigenvalue weighted by atomic mass is 10.3. The monoisotopic (exact) mass is 286 g/mol. The number of nitrogens with one attached hydrogen (secondary N) is 1. The largest absolute Gasteiger partial charge is 0.469 e. The first-order valence-corrected chi connectivity index (χ1v) is 7.07. The molecule has 0 amide bonds. The summed E-state index contributed by atoms with van der Waals surface area (Å²) in [4.78, 5) is 3.73. The highest BCUT2D eigenvalue weighted by Gasteiger charge is 2.17. The Kier molecular flexibility index (Phi) is 4.00. The minimum absolute atomic E-state index is 0.0221. The summed E-state index contributed by atoms with van der Waals surface area (Å²) in [7, 11) is -3.63. The van der Waals surface area contributed by atoms with E-state index in [-0.39, 0.29) is 16.5 Å². The zero-order valence-electron chi connectivity index (χ0n) is 9.34. The first-order chi connectivity index (χ1) is 8.59. The van der Waals surface area contributed by atoms with Crippen molar-refractivity contribution in [1.29, 1.82) is 0 Å². The standard InChI is InChI=1S/C11H11ClN2O3S/c12-10-4-5-13-8-11(10)18(15,16)14-6-3-9-2-1-7-17-9/h1-2,4-5,7-8,14H,3,6H2. The van der Waals surface area contributed by atoms with Crippen LogP contribution in [0.5, 0.6) is 0 Å². The number of aromatic nitrogens is 1. The van der Waals surface area contributed by atoms with Crippen LogP contribution in [0.1, 0.15) is 5.76 Å². The molecule has 0 saturated carbocycles. The highest BCUT2D eigenvalue weighted by molar-refractivity contribution is 7.89. The maximum atomic E-state index is 11.9. The van der Waals surface area contributed by atoms with Gasteiger partial charge in [-0.3, -0.25) is 4.98 Å². The molecule has 0 aliphatic rings. The summed E-state index contributed by atoms with van der Waals surface area (Å²) in [6.45, 7) is 0.237. The number of sulfonamides is 1. The van der Waals surface area contributed by atoms with Crippen LogP contribution in [-0.2, 0) is 16.4 Å². The van der Waals surface area contributed by atoms with Gasteiger partial charge in [0.05, 0.1) is 11.3 Å². The van der Waals surface area contributed by atoms with E-state index in [0.29, 0.717) is 6.42 Å². The lowest BCUT2D eigenvalue weighted by Crippen LogP contribution is -2.26. The summed E-state index contributed by atoms with van der Waals surface area (Å²) in [5, 5.41) is 0.149. The molecule has 2 heterocycles. The molecule has 0 saturated heterocycles. The molecule has 2 aromatic heterocycles. The van der Waals surface area contributed by atoms with Gasteiger partial charge < -0.3 is 4.42 Å². The van der Waals surface area contributed by atoms with Crippen LogP contribution in [0.4, 0.5) is 0 Å². The van der Waals surface area contributed by atoms with Gasteiger partial charge >= 0.3 is 0 Å². The van der Waals surface area contributed by atoms with Crippen molar-refractivity contribution in [2.45, 2.75) is 11.3 Å². The zero-order valence-corrected chi connectivity index (χ0v) is 10.9. The van der Waals surface area contributed by atoms with E-state index in [1.807, 2.05) is 0 Å². The Morgan fingerprint density at radius 3 is 2.89 bits per heavy atom. The molecule has 0 fully saturated rings. The fourth-order valence-corrected chi connectivity index (χ4v) is 2.86. The first-order valence-electron chi connectivity index (χ1n) is 5.21. The number of hydrogen-bond acceptors (Lipinski definition) is 4. The van der Waals surface area contributed by atoms with Crippen LogP contribution in [0.15, 0.2) is 46.2 Å². The summed E-state index contributed by atoms with van der Waals surface area (Å²) in [6.07, 6.45) is 4.67. The summed E-state index contributed by atoms with van der Waals surface area (Å²) in [5.74, 6) is 0.718. The van der Waals surface area contributed by atoms with Gasteiger partial charge in [0, 0.05) is 25.4 Å².